The summed E-state index contributed by atoms with van der Waals surface area (Å²) in [5.41, 5.74) is 1.61. The van der Waals surface area contributed by atoms with Crippen molar-refractivity contribution in [3.63, 3.8) is 0 Å². The van der Waals surface area contributed by atoms with Crippen molar-refractivity contribution >= 4 is 27.3 Å². The number of sulfonamides is 1. The van der Waals surface area contributed by atoms with Crippen LogP contribution in [0.3, 0.4) is 0 Å². The van der Waals surface area contributed by atoms with Crippen molar-refractivity contribution in [2.24, 2.45) is 0 Å². The number of rotatable bonds is 10. The predicted octanol–water partition coefficient (Wildman–Crippen LogP) is 6.02. The first kappa shape index (κ1) is 25.8. The number of carbonyl (C=O) groups excluding carboxylic acids is 1. The fourth-order valence-electron chi connectivity index (χ4n) is 3.67. The number of aryl methyl sites for hydroxylation is 1. The third-order valence-corrected chi connectivity index (χ3v) is 7.24. The van der Waals surface area contributed by atoms with Gasteiger partial charge in [0, 0.05) is 0 Å². The SMILES string of the molecule is CCOc1ccccc1N(CC(=O)Nc1ccccc1Oc1ccccc1)S(=O)(=O)c1ccc(C)cc1. The minimum Gasteiger partial charge on any atom is -0.492 e. The number of carbonyl (C=O) groups is 1. The highest BCUT2D eigenvalue weighted by atomic mass is 32.2. The molecular weight excluding hydrogens is 488 g/mol. The summed E-state index contributed by atoms with van der Waals surface area (Å²) in [6.07, 6.45) is 0. The van der Waals surface area contributed by atoms with E-state index in [9.17, 15) is 13.2 Å². The standard InChI is InChI=1S/C29H28N2O5S/c1-3-35-28-16-10-8-14-26(28)31(37(33,34)24-19-17-22(2)18-20-24)21-29(32)30-25-13-7-9-15-27(25)36-23-11-5-4-6-12-23/h4-20H,3,21H2,1-2H3,(H,30,32). The lowest BCUT2D eigenvalue weighted by Crippen LogP contribution is -2.38. The molecule has 0 heterocycles. The number of ether oxygens (including phenoxy) is 2. The van der Waals surface area contributed by atoms with Crippen LogP contribution in [0.25, 0.3) is 0 Å². The zero-order valence-electron chi connectivity index (χ0n) is 20.6. The maximum Gasteiger partial charge on any atom is 0.264 e. The first-order valence-corrected chi connectivity index (χ1v) is 13.3. The van der Waals surface area contributed by atoms with Crippen molar-refractivity contribution in [2.75, 3.05) is 22.8 Å². The lowest BCUT2D eigenvalue weighted by atomic mass is 10.2. The van der Waals surface area contributed by atoms with Crippen LogP contribution in [0.4, 0.5) is 11.4 Å². The van der Waals surface area contributed by atoms with Crippen LogP contribution in [-0.2, 0) is 14.8 Å². The van der Waals surface area contributed by atoms with Gasteiger partial charge in [0.2, 0.25) is 5.91 Å². The highest BCUT2D eigenvalue weighted by molar-refractivity contribution is 7.92. The molecule has 4 aromatic rings. The Balaban J connectivity index is 1.66. The van der Waals surface area contributed by atoms with Gasteiger partial charge < -0.3 is 14.8 Å². The summed E-state index contributed by atoms with van der Waals surface area (Å²) < 4.78 is 40.2. The molecule has 0 aromatic heterocycles. The van der Waals surface area contributed by atoms with Crippen molar-refractivity contribution in [3.05, 3.63) is 109 Å². The Kier molecular flexibility index (Phi) is 8.10. The molecule has 0 atom stereocenters. The van der Waals surface area contributed by atoms with Crippen LogP contribution in [0.5, 0.6) is 17.2 Å². The second kappa shape index (κ2) is 11.6. The lowest BCUT2D eigenvalue weighted by molar-refractivity contribution is -0.114. The van der Waals surface area contributed by atoms with Gasteiger partial charge in [0.05, 0.1) is 22.9 Å². The average Bonchev–Trinajstić information content (AvgIpc) is 2.90. The minimum absolute atomic E-state index is 0.0741. The van der Waals surface area contributed by atoms with E-state index in [0.29, 0.717) is 29.5 Å². The minimum atomic E-state index is -4.10. The first-order valence-electron chi connectivity index (χ1n) is 11.8. The molecule has 0 saturated carbocycles. The van der Waals surface area contributed by atoms with E-state index in [1.807, 2.05) is 32.0 Å². The monoisotopic (exact) mass is 516 g/mol. The molecule has 1 amide bonds. The number of nitrogens with zero attached hydrogens (tertiary/aromatic N) is 1. The van der Waals surface area contributed by atoms with E-state index < -0.39 is 22.5 Å². The number of hydrogen-bond acceptors (Lipinski definition) is 5. The maximum atomic E-state index is 13.8. The fraction of sp³-hybridized carbons (Fsp3) is 0.138. The first-order chi connectivity index (χ1) is 17.9. The molecule has 0 aliphatic heterocycles. The molecule has 0 radical (unpaired) electrons. The van der Waals surface area contributed by atoms with Gasteiger partial charge in [-0.25, -0.2) is 8.42 Å². The molecule has 0 saturated heterocycles. The maximum absolute atomic E-state index is 13.8. The summed E-state index contributed by atoms with van der Waals surface area (Å²) in [5, 5.41) is 2.80. The average molecular weight is 517 g/mol. The van der Waals surface area contributed by atoms with Crippen molar-refractivity contribution in [1.29, 1.82) is 0 Å². The largest absolute Gasteiger partial charge is 0.492 e. The van der Waals surface area contributed by atoms with E-state index in [4.69, 9.17) is 9.47 Å². The van der Waals surface area contributed by atoms with Crippen LogP contribution >= 0.6 is 0 Å². The highest BCUT2D eigenvalue weighted by Crippen LogP contribution is 2.33. The molecule has 8 heteroatoms. The van der Waals surface area contributed by atoms with E-state index in [2.05, 4.69) is 5.32 Å². The van der Waals surface area contributed by atoms with Gasteiger partial charge in [-0.05, 0) is 62.4 Å². The molecule has 1 N–H and O–H groups in total. The van der Waals surface area contributed by atoms with Gasteiger partial charge in [-0.3, -0.25) is 9.10 Å². The van der Waals surface area contributed by atoms with Gasteiger partial charge in [-0.1, -0.05) is 60.2 Å². The van der Waals surface area contributed by atoms with Crippen LogP contribution < -0.4 is 19.1 Å². The molecule has 0 unspecified atom stereocenters. The number of benzene rings is 4. The van der Waals surface area contributed by atoms with Gasteiger partial charge in [-0.2, -0.15) is 0 Å². The highest BCUT2D eigenvalue weighted by Gasteiger charge is 2.29. The third-order valence-electron chi connectivity index (χ3n) is 5.46. The van der Waals surface area contributed by atoms with Crippen LogP contribution in [-0.4, -0.2) is 27.5 Å². The summed E-state index contributed by atoms with van der Waals surface area (Å²) >= 11 is 0. The Bertz CT molecular complexity index is 1460. The molecule has 37 heavy (non-hydrogen) atoms. The van der Waals surface area contributed by atoms with E-state index in [1.54, 1.807) is 72.8 Å². The van der Waals surface area contributed by atoms with Crippen LogP contribution in [0.15, 0.2) is 108 Å². The van der Waals surface area contributed by atoms with Gasteiger partial charge in [0.15, 0.2) is 5.75 Å². The van der Waals surface area contributed by atoms with Crippen molar-refractivity contribution in [2.45, 2.75) is 18.7 Å². The van der Waals surface area contributed by atoms with Crippen LogP contribution in [0, 0.1) is 6.92 Å². The van der Waals surface area contributed by atoms with E-state index in [-0.39, 0.29) is 10.6 Å². The molecule has 190 valence electrons. The zero-order chi connectivity index (χ0) is 26.3. The molecule has 0 aliphatic rings. The van der Waals surface area contributed by atoms with Crippen molar-refractivity contribution < 1.29 is 22.7 Å². The van der Waals surface area contributed by atoms with Gasteiger partial charge in [-0.15, -0.1) is 0 Å². The number of nitrogens with one attached hydrogen (secondary N) is 1. The molecule has 7 nitrogen and oxygen atoms in total. The fourth-order valence-corrected chi connectivity index (χ4v) is 5.10. The Morgan fingerprint density at radius 3 is 2.14 bits per heavy atom. The Morgan fingerprint density at radius 2 is 1.43 bits per heavy atom. The summed E-state index contributed by atoms with van der Waals surface area (Å²) in [6, 6.07) is 29.4. The third kappa shape index (κ3) is 6.29. The Morgan fingerprint density at radius 1 is 0.811 bits per heavy atom. The topological polar surface area (TPSA) is 84.9 Å². The molecule has 0 bridgehead atoms. The number of anilines is 2. The predicted molar refractivity (Wildman–Crippen MR) is 145 cm³/mol. The molecular formula is C29H28N2O5S. The Hall–Kier alpha value is -4.30. The molecule has 0 spiro atoms. The van der Waals surface area contributed by atoms with Gasteiger partial charge >= 0.3 is 0 Å². The van der Waals surface area contributed by atoms with E-state index in [0.717, 1.165) is 9.87 Å². The molecule has 4 rings (SSSR count). The summed E-state index contributed by atoms with van der Waals surface area (Å²) in [6.45, 7) is 3.55. The smallest absolute Gasteiger partial charge is 0.264 e. The number of amides is 1. The molecule has 4 aromatic carbocycles. The quantitative estimate of drug-likeness (QED) is 0.279. The van der Waals surface area contributed by atoms with Crippen molar-refractivity contribution in [1.82, 2.24) is 0 Å². The molecule has 0 aliphatic carbocycles. The van der Waals surface area contributed by atoms with E-state index in [1.165, 1.54) is 12.1 Å². The lowest BCUT2D eigenvalue weighted by Gasteiger charge is -2.26. The van der Waals surface area contributed by atoms with Crippen molar-refractivity contribution in [3.8, 4) is 17.2 Å². The summed E-state index contributed by atoms with van der Waals surface area (Å²) in [4.78, 5) is 13.4. The van der Waals surface area contributed by atoms with Crippen LogP contribution in [0.2, 0.25) is 0 Å². The summed E-state index contributed by atoms with van der Waals surface area (Å²) in [5.74, 6) is 0.871. The van der Waals surface area contributed by atoms with E-state index >= 15 is 0 Å². The normalized spacial score (nSPS) is 11.0. The number of hydrogen-bond donors (Lipinski definition) is 1. The Labute approximate surface area is 217 Å². The second-order valence-electron chi connectivity index (χ2n) is 8.18. The zero-order valence-corrected chi connectivity index (χ0v) is 21.4. The van der Waals surface area contributed by atoms with Gasteiger partial charge in [0.1, 0.15) is 18.0 Å². The molecule has 0 fully saturated rings. The van der Waals surface area contributed by atoms with Gasteiger partial charge in [0.25, 0.3) is 10.0 Å². The number of para-hydroxylation sites is 5. The summed E-state index contributed by atoms with van der Waals surface area (Å²) in [7, 11) is -4.10. The second-order valence-corrected chi connectivity index (χ2v) is 10.0. The van der Waals surface area contributed by atoms with Crippen LogP contribution in [0.1, 0.15) is 12.5 Å².